The third kappa shape index (κ3) is 79.0. The van der Waals surface area contributed by atoms with Gasteiger partial charge < -0.3 is 27.9 Å². The van der Waals surface area contributed by atoms with E-state index in [9.17, 15) is 19.0 Å². The average Bonchev–Trinajstić information content (AvgIpc) is 1.56. The van der Waals surface area contributed by atoms with Crippen LogP contribution in [0.25, 0.3) is 0 Å². The fraction of sp³-hybridized carbons (Fsp3) is 0.881. The predicted octanol–water partition coefficient (Wildman–Crippen LogP) is 26.9. The standard InChI is InChI=1S/C84H160NO8P/c1-6-8-10-12-14-16-18-20-22-24-26-28-30-32-34-36-38-39-40-41-42-43-44-45-47-49-51-53-55-57-59-61-63-65-67-69-71-73-75-77-84(87)93-82(81-92-94(88,89)91-79-78-85(3,4)5)80-90-83(86)76-74-72-70-68-66-64-62-60-58-56-54-52-50-48-46-37-35-33-31-29-27-25-23-21-19-17-15-13-11-9-7-2/h18,20,24-27,30,32,82H,6-17,19,21-23,28-29,31,33-81H2,1-5H3/b20-18-,26-24-,27-25-,32-30-. The van der Waals surface area contributed by atoms with Crippen molar-refractivity contribution < 1.29 is 42.1 Å². The molecule has 94 heavy (non-hydrogen) atoms. The number of quaternary nitrogens is 1. The molecule has 0 aromatic rings. The molecule has 10 heteroatoms. The molecule has 0 aromatic carbocycles. The van der Waals surface area contributed by atoms with E-state index in [4.69, 9.17) is 18.5 Å². The summed E-state index contributed by atoms with van der Waals surface area (Å²) in [7, 11) is 1.19. The largest absolute Gasteiger partial charge is 0.756 e. The number of phosphoric acid groups is 1. The van der Waals surface area contributed by atoms with E-state index in [1.807, 2.05) is 21.1 Å². The van der Waals surface area contributed by atoms with Crippen LogP contribution in [0, 0.1) is 0 Å². The normalized spacial score (nSPS) is 13.2. The van der Waals surface area contributed by atoms with E-state index in [1.165, 1.54) is 347 Å². The van der Waals surface area contributed by atoms with E-state index in [-0.39, 0.29) is 32.0 Å². The number of ether oxygens (including phenoxy) is 2. The van der Waals surface area contributed by atoms with Gasteiger partial charge in [-0.25, -0.2) is 0 Å². The van der Waals surface area contributed by atoms with Gasteiger partial charge >= 0.3 is 11.9 Å². The van der Waals surface area contributed by atoms with Gasteiger partial charge in [-0.3, -0.25) is 14.2 Å². The van der Waals surface area contributed by atoms with Crippen LogP contribution in [0.4, 0.5) is 0 Å². The van der Waals surface area contributed by atoms with Crippen LogP contribution in [0.5, 0.6) is 0 Å². The number of carbonyl (C=O) groups excluding carboxylic acids is 2. The summed E-state index contributed by atoms with van der Waals surface area (Å²) in [5, 5.41) is 0. The van der Waals surface area contributed by atoms with E-state index >= 15 is 0 Å². The van der Waals surface area contributed by atoms with Crippen molar-refractivity contribution in [2.24, 2.45) is 0 Å². The highest BCUT2D eigenvalue weighted by molar-refractivity contribution is 7.45. The fourth-order valence-corrected chi connectivity index (χ4v) is 13.2. The molecule has 0 rings (SSSR count). The third-order valence-corrected chi connectivity index (χ3v) is 19.8. The van der Waals surface area contributed by atoms with Gasteiger partial charge in [0, 0.05) is 12.8 Å². The summed E-state index contributed by atoms with van der Waals surface area (Å²) in [6.07, 6.45) is 99.6. The lowest BCUT2D eigenvalue weighted by Gasteiger charge is -2.28. The maximum Gasteiger partial charge on any atom is 0.306 e. The number of likely N-dealkylation sites (N-methyl/N-ethyl adjacent to an activating group) is 1. The minimum Gasteiger partial charge on any atom is -0.756 e. The molecule has 0 fully saturated rings. The van der Waals surface area contributed by atoms with E-state index in [2.05, 4.69) is 62.5 Å². The Labute approximate surface area is 585 Å². The first-order valence-corrected chi connectivity index (χ1v) is 42.8. The number of unbranched alkanes of at least 4 members (excludes halogenated alkanes) is 56. The Bertz CT molecular complexity index is 1720. The first kappa shape index (κ1) is 92.0. The molecule has 0 heterocycles. The van der Waals surface area contributed by atoms with Gasteiger partial charge in [0.2, 0.25) is 0 Å². The van der Waals surface area contributed by atoms with Crippen LogP contribution >= 0.6 is 7.82 Å². The molecule has 0 aliphatic rings. The van der Waals surface area contributed by atoms with Crippen molar-refractivity contribution >= 4 is 19.8 Å². The van der Waals surface area contributed by atoms with Crippen LogP contribution in [0.1, 0.15) is 425 Å². The van der Waals surface area contributed by atoms with Crippen LogP contribution in [-0.4, -0.2) is 70.0 Å². The SMILES string of the molecule is CCCCCCC/C=C\C/C=C\C/C=C\CCCCCCCCCCCCCCCCCCCCCCCCCCC(=O)OC(COC(=O)CCCCCCCCCCCCCCCCCCCCC/C=C\CCCCCCCCCC)COP(=O)([O-])OCC[N+](C)(C)C. The number of hydrogen-bond acceptors (Lipinski definition) is 8. The topological polar surface area (TPSA) is 111 Å². The number of phosphoric ester groups is 1. The minimum atomic E-state index is -4.64. The fourth-order valence-electron chi connectivity index (χ4n) is 12.5. The van der Waals surface area contributed by atoms with Crippen LogP contribution in [0.2, 0.25) is 0 Å². The van der Waals surface area contributed by atoms with E-state index in [1.54, 1.807) is 0 Å². The predicted molar refractivity (Wildman–Crippen MR) is 407 cm³/mol. The van der Waals surface area contributed by atoms with E-state index < -0.39 is 26.5 Å². The zero-order valence-electron chi connectivity index (χ0n) is 63.4. The third-order valence-electron chi connectivity index (χ3n) is 18.8. The van der Waals surface area contributed by atoms with Gasteiger partial charge in [0.15, 0.2) is 6.10 Å². The Balaban J connectivity index is 3.89. The summed E-state index contributed by atoms with van der Waals surface area (Å²) in [4.78, 5) is 38.2. The molecule has 9 nitrogen and oxygen atoms in total. The lowest BCUT2D eigenvalue weighted by molar-refractivity contribution is -0.870. The molecule has 0 saturated heterocycles. The van der Waals surface area contributed by atoms with Crippen molar-refractivity contribution in [2.75, 3.05) is 47.5 Å². The maximum atomic E-state index is 12.9. The Hall–Kier alpha value is -2.03. The summed E-state index contributed by atoms with van der Waals surface area (Å²) in [6.45, 7) is 4.31. The van der Waals surface area contributed by atoms with Gasteiger partial charge in [0.25, 0.3) is 7.82 Å². The maximum absolute atomic E-state index is 12.9. The van der Waals surface area contributed by atoms with E-state index in [0.717, 1.165) is 44.9 Å². The number of allylic oxidation sites excluding steroid dienone is 8. The number of rotatable bonds is 78. The second kappa shape index (κ2) is 75.2. The molecule has 0 radical (unpaired) electrons. The molecule has 2 atom stereocenters. The van der Waals surface area contributed by atoms with Gasteiger partial charge in [-0.05, 0) is 77.0 Å². The Morgan fingerprint density at radius 1 is 0.330 bits per heavy atom. The molecular formula is C84H160NO8P. The molecule has 0 spiro atoms. The van der Waals surface area contributed by atoms with Crippen molar-refractivity contribution in [3.05, 3.63) is 48.6 Å². The second-order valence-corrected chi connectivity index (χ2v) is 30.9. The Kier molecular flexibility index (Phi) is 73.6. The molecular weight excluding hydrogens is 1180 g/mol. The molecule has 0 aromatic heterocycles. The first-order chi connectivity index (χ1) is 46.0. The lowest BCUT2D eigenvalue weighted by atomic mass is 10.0. The van der Waals surface area contributed by atoms with Crippen LogP contribution in [0.15, 0.2) is 48.6 Å². The first-order valence-electron chi connectivity index (χ1n) is 41.3. The zero-order valence-corrected chi connectivity index (χ0v) is 64.3. The number of hydrogen-bond donors (Lipinski definition) is 0. The Morgan fingerprint density at radius 3 is 0.862 bits per heavy atom. The zero-order chi connectivity index (χ0) is 68.3. The van der Waals surface area contributed by atoms with Gasteiger partial charge in [-0.1, -0.05) is 383 Å². The molecule has 554 valence electrons. The van der Waals surface area contributed by atoms with Gasteiger partial charge in [-0.2, -0.15) is 0 Å². The summed E-state index contributed by atoms with van der Waals surface area (Å²) in [6, 6.07) is 0. The van der Waals surface area contributed by atoms with Crippen molar-refractivity contribution in [1.29, 1.82) is 0 Å². The van der Waals surface area contributed by atoms with Crippen LogP contribution < -0.4 is 4.89 Å². The van der Waals surface area contributed by atoms with Crippen LogP contribution in [-0.2, 0) is 32.7 Å². The van der Waals surface area contributed by atoms with E-state index in [0.29, 0.717) is 17.4 Å². The molecule has 0 amide bonds. The van der Waals surface area contributed by atoms with Crippen molar-refractivity contribution in [3.8, 4) is 0 Å². The smallest absolute Gasteiger partial charge is 0.306 e. The number of carbonyl (C=O) groups is 2. The Morgan fingerprint density at radius 2 is 0.574 bits per heavy atom. The van der Waals surface area contributed by atoms with Crippen molar-refractivity contribution in [2.45, 2.75) is 431 Å². The minimum absolute atomic E-state index is 0.0276. The molecule has 0 aliphatic heterocycles. The van der Waals surface area contributed by atoms with Crippen molar-refractivity contribution in [3.63, 3.8) is 0 Å². The van der Waals surface area contributed by atoms with Gasteiger partial charge in [0.05, 0.1) is 27.7 Å². The van der Waals surface area contributed by atoms with Crippen molar-refractivity contribution in [1.82, 2.24) is 0 Å². The second-order valence-electron chi connectivity index (χ2n) is 29.5. The molecule has 0 bridgehead atoms. The van der Waals surface area contributed by atoms with Gasteiger partial charge in [0.1, 0.15) is 19.8 Å². The average molecular weight is 1340 g/mol. The highest BCUT2D eigenvalue weighted by atomic mass is 31.2. The summed E-state index contributed by atoms with van der Waals surface area (Å²) >= 11 is 0. The highest BCUT2D eigenvalue weighted by Crippen LogP contribution is 2.38. The number of nitrogens with zero attached hydrogens (tertiary/aromatic N) is 1. The summed E-state index contributed by atoms with van der Waals surface area (Å²) in [5.41, 5.74) is 0. The quantitative estimate of drug-likeness (QED) is 0.0195. The van der Waals surface area contributed by atoms with Gasteiger partial charge in [-0.15, -0.1) is 0 Å². The molecule has 2 unspecified atom stereocenters. The molecule has 0 aliphatic carbocycles. The number of esters is 2. The lowest BCUT2D eigenvalue weighted by Crippen LogP contribution is -2.37. The summed E-state index contributed by atoms with van der Waals surface area (Å²) in [5.74, 6) is -0.807. The molecule has 0 saturated carbocycles. The van der Waals surface area contributed by atoms with Crippen LogP contribution in [0.3, 0.4) is 0 Å². The summed E-state index contributed by atoms with van der Waals surface area (Å²) < 4.78 is 34.4. The monoisotopic (exact) mass is 1340 g/mol. The highest BCUT2D eigenvalue weighted by Gasteiger charge is 2.22. The molecule has 0 N–H and O–H groups in total.